The van der Waals surface area contributed by atoms with Gasteiger partial charge in [-0.3, -0.25) is 9.59 Å². The molecule has 2 atom stereocenters. The predicted octanol–water partition coefficient (Wildman–Crippen LogP) is 0.840. The highest BCUT2D eigenvalue weighted by Crippen LogP contribution is 2.28. The maximum Gasteiger partial charge on any atom is 0.311 e. The summed E-state index contributed by atoms with van der Waals surface area (Å²) in [7, 11) is 0. The number of carbonyl (C=O) groups excluding carboxylic acids is 2. The first kappa shape index (κ1) is 16.0. The van der Waals surface area contributed by atoms with Crippen LogP contribution in [0.4, 0.5) is 0 Å². The van der Waals surface area contributed by atoms with Crippen LogP contribution in [-0.4, -0.2) is 54.2 Å². The highest BCUT2D eigenvalue weighted by molar-refractivity contribution is 6.35. The molecule has 0 saturated carbocycles. The van der Waals surface area contributed by atoms with Gasteiger partial charge in [-0.15, -0.1) is 0 Å². The molecule has 1 aromatic heterocycles. The average molecular weight is 321 g/mol. The third-order valence-electron chi connectivity index (χ3n) is 4.71. The van der Waals surface area contributed by atoms with Gasteiger partial charge in [-0.1, -0.05) is 12.1 Å². The fourth-order valence-electron chi connectivity index (χ4n) is 3.16. The summed E-state index contributed by atoms with van der Waals surface area (Å²) in [4.78, 5) is 26.0. The van der Waals surface area contributed by atoms with Gasteiger partial charge < -0.3 is 19.5 Å². The molecular weight excluding hydrogens is 298 g/mol. The first-order chi connectivity index (χ1) is 11.0. The van der Waals surface area contributed by atoms with Crippen LogP contribution < -0.4 is 5.32 Å². The van der Waals surface area contributed by atoms with E-state index in [1.54, 1.807) is 4.90 Å². The van der Waals surface area contributed by atoms with E-state index >= 15 is 0 Å². The molecule has 1 aromatic rings. The van der Waals surface area contributed by atoms with Gasteiger partial charge in [0.2, 0.25) is 0 Å². The minimum Gasteiger partial charge on any atom is -0.379 e. The first-order valence-electron chi connectivity index (χ1n) is 8.15. The molecule has 2 fully saturated rings. The van der Waals surface area contributed by atoms with Crippen LogP contribution in [0, 0.1) is 12.8 Å². The van der Waals surface area contributed by atoms with Crippen LogP contribution in [0.2, 0.25) is 0 Å². The molecule has 3 heterocycles. The number of nitrogens with one attached hydrogen (secondary N) is 1. The van der Waals surface area contributed by atoms with Gasteiger partial charge in [-0.25, -0.2) is 0 Å². The number of hydrogen-bond acceptors (Lipinski definition) is 5. The van der Waals surface area contributed by atoms with Crippen LogP contribution in [0.1, 0.15) is 37.1 Å². The van der Waals surface area contributed by atoms with E-state index in [1.165, 1.54) is 0 Å². The molecule has 7 heteroatoms. The van der Waals surface area contributed by atoms with Crippen molar-refractivity contribution in [1.29, 1.82) is 0 Å². The van der Waals surface area contributed by atoms with Crippen molar-refractivity contribution in [3.8, 4) is 0 Å². The maximum absolute atomic E-state index is 12.3. The number of aromatic nitrogens is 1. The number of aryl methyl sites for hydroxylation is 1. The molecule has 1 N–H and O–H groups in total. The van der Waals surface area contributed by atoms with Crippen molar-refractivity contribution in [2.24, 2.45) is 5.92 Å². The van der Waals surface area contributed by atoms with Gasteiger partial charge in [-0.05, 0) is 19.8 Å². The van der Waals surface area contributed by atoms with Crippen molar-refractivity contribution in [1.82, 2.24) is 15.4 Å². The standard InChI is InChI=1S/C16H23N3O4/c1-10-8-22-9-13(10)17-15(20)16(21)19-5-3-12(4-6-19)14-7-11(2)18-23-14/h7,10,12-13H,3-6,8-9H2,1-2H3,(H,17,20). The number of likely N-dealkylation sites (tertiary alicyclic amines) is 1. The van der Waals surface area contributed by atoms with E-state index in [0.717, 1.165) is 24.3 Å². The van der Waals surface area contributed by atoms with E-state index in [4.69, 9.17) is 9.26 Å². The van der Waals surface area contributed by atoms with Crippen molar-refractivity contribution >= 4 is 11.8 Å². The lowest BCUT2D eigenvalue weighted by atomic mass is 9.94. The van der Waals surface area contributed by atoms with Crippen molar-refractivity contribution in [3.63, 3.8) is 0 Å². The van der Waals surface area contributed by atoms with Gasteiger partial charge in [0.25, 0.3) is 0 Å². The average Bonchev–Trinajstić information content (AvgIpc) is 3.16. The maximum atomic E-state index is 12.3. The van der Waals surface area contributed by atoms with Crippen LogP contribution in [0.15, 0.2) is 10.6 Å². The minimum absolute atomic E-state index is 0.0684. The zero-order valence-electron chi connectivity index (χ0n) is 13.6. The van der Waals surface area contributed by atoms with Crippen LogP contribution in [0.25, 0.3) is 0 Å². The molecule has 0 aromatic carbocycles. The van der Waals surface area contributed by atoms with Crippen LogP contribution >= 0.6 is 0 Å². The molecule has 2 aliphatic rings. The monoisotopic (exact) mass is 321 g/mol. The van der Waals surface area contributed by atoms with Gasteiger partial charge in [0, 0.05) is 31.0 Å². The Labute approximate surface area is 135 Å². The second-order valence-electron chi connectivity index (χ2n) is 6.53. The fourth-order valence-corrected chi connectivity index (χ4v) is 3.16. The SMILES string of the molecule is Cc1cc(C2CCN(C(=O)C(=O)NC3COCC3C)CC2)on1. The molecule has 0 bridgehead atoms. The summed E-state index contributed by atoms with van der Waals surface area (Å²) < 4.78 is 10.6. The summed E-state index contributed by atoms with van der Waals surface area (Å²) in [5, 5.41) is 6.70. The molecule has 3 rings (SSSR count). The summed E-state index contributed by atoms with van der Waals surface area (Å²) >= 11 is 0. The van der Waals surface area contributed by atoms with Gasteiger partial charge in [-0.2, -0.15) is 0 Å². The van der Waals surface area contributed by atoms with E-state index in [2.05, 4.69) is 10.5 Å². The van der Waals surface area contributed by atoms with Gasteiger partial charge in [0.15, 0.2) is 0 Å². The second-order valence-corrected chi connectivity index (χ2v) is 6.53. The van der Waals surface area contributed by atoms with Gasteiger partial charge in [0.05, 0.1) is 24.9 Å². The zero-order chi connectivity index (χ0) is 16.4. The lowest BCUT2D eigenvalue weighted by Gasteiger charge is -2.30. The molecule has 0 radical (unpaired) electrons. The summed E-state index contributed by atoms with van der Waals surface area (Å²) in [5.41, 5.74) is 0.866. The third-order valence-corrected chi connectivity index (χ3v) is 4.71. The summed E-state index contributed by atoms with van der Waals surface area (Å²) in [5.74, 6) is 0.410. The quantitative estimate of drug-likeness (QED) is 0.816. The number of piperidine rings is 1. The summed E-state index contributed by atoms with van der Waals surface area (Å²) in [6.07, 6.45) is 1.58. The smallest absolute Gasteiger partial charge is 0.311 e. The Hall–Kier alpha value is -1.89. The molecule has 2 amide bonds. The van der Waals surface area contributed by atoms with Crippen molar-refractivity contribution in [2.45, 2.75) is 38.6 Å². The van der Waals surface area contributed by atoms with Crippen molar-refractivity contribution < 1.29 is 18.8 Å². The van der Waals surface area contributed by atoms with Crippen LogP contribution in [-0.2, 0) is 14.3 Å². The highest BCUT2D eigenvalue weighted by Gasteiger charge is 2.32. The Morgan fingerprint density at radius 1 is 1.30 bits per heavy atom. The molecule has 2 aliphatic heterocycles. The predicted molar refractivity (Wildman–Crippen MR) is 81.7 cm³/mol. The molecule has 2 saturated heterocycles. The highest BCUT2D eigenvalue weighted by atomic mass is 16.5. The van der Waals surface area contributed by atoms with E-state index in [1.807, 2.05) is 19.9 Å². The molecule has 126 valence electrons. The van der Waals surface area contributed by atoms with E-state index in [9.17, 15) is 9.59 Å². The topological polar surface area (TPSA) is 84.7 Å². The summed E-state index contributed by atoms with van der Waals surface area (Å²) in [6.45, 7) is 6.13. The minimum atomic E-state index is -0.527. The van der Waals surface area contributed by atoms with Crippen molar-refractivity contribution in [2.75, 3.05) is 26.3 Å². The van der Waals surface area contributed by atoms with E-state index in [-0.39, 0.29) is 17.9 Å². The summed E-state index contributed by atoms with van der Waals surface area (Å²) in [6, 6.07) is 1.87. The van der Waals surface area contributed by atoms with Gasteiger partial charge in [0.1, 0.15) is 5.76 Å². The molecular formula is C16H23N3O4. The Morgan fingerprint density at radius 2 is 2.04 bits per heavy atom. The van der Waals surface area contributed by atoms with Crippen molar-refractivity contribution in [3.05, 3.63) is 17.5 Å². The normalized spacial score (nSPS) is 25.6. The van der Waals surface area contributed by atoms with Gasteiger partial charge >= 0.3 is 11.8 Å². The van der Waals surface area contributed by atoms with E-state index in [0.29, 0.717) is 26.3 Å². The number of nitrogens with zero attached hydrogens (tertiary/aromatic N) is 2. The number of ether oxygens (including phenoxy) is 1. The van der Waals surface area contributed by atoms with Crippen LogP contribution in [0.3, 0.4) is 0 Å². The van der Waals surface area contributed by atoms with Crippen LogP contribution in [0.5, 0.6) is 0 Å². The first-order valence-corrected chi connectivity index (χ1v) is 8.15. The molecule has 2 unspecified atom stereocenters. The Bertz CT molecular complexity index is 578. The fraction of sp³-hybridized carbons (Fsp3) is 0.688. The second kappa shape index (κ2) is 6.70. The molecule has 0 aliphatic carbocycles. The number of amides is 2. The largest absolute Gasteiger partial charge is 0.379 e. The Kier molecular flexibility index (Phi) is 4.66. The lowest BCUT2D eigenvalue weighted by Crippen LogP contribution is -2.50. The zero-order valence-corrected chi connectivity index (χ0v) is 13.6. The molecule has 0 spiro atoms. The Morgan fingerprint density at radius 3 is 2.61 bits per heavy atom. The third kappa shape index (κ3) is 3.55. The number of hydrogen-bond donors (Lipinski definition) is 1. The van der Waals surface area contributed by atoms with E-state index < -0.39 is 11.8 Å². The number of carbonyl (C=O) groups is 2. The Balaban J connectivity index is 1.50. The molecule has 23 heavy (non-hydrogen) atoms. The molecule has 7 nitrogen and oxygen atoms in total. The number of rotatable bonds is 2. The lowest BCUT2D eigenvalue weighted by molar-refractivity contribution is -0.147.